The van der Waals surface area contributed by atoms with Crippen molar-refractivity contribution in [1.82, 2.24) is 10.2 Å². The highest BCUT2D eigenvalue weighted by Gasteiger charge is 2.25. The van der Waals surface area contributed by atoms with Gasteiger partial charge in [0.1, 0.15) is 0 Å². The molecular formula is C16H24N2O2. The number of hydrogen-bond acceptors (Lipinski definition) is 3. The van der Waals surface area contributed by atoms with Crippen LogP contribution in [0.2, 0.25) is 0 Å². The predicted molar refractivity (Wildman–Crippen MR) is 80.8 cm³/mol. The molecule has 1 N–H and O–H groups in total. The Morgan fingerprint density at radius 1 is 1.15 bits per heavy atom. The van der Waals surface area contributed by atoms with E-state index in [1.165, 1.54) is 0 Å². The van der Waals surface area contributed by atoms with Gasteiger partial charge in [0.25, 0.3) is 0 Å². The van der Waals surface area contributed by atoms with Crippen molar-refractivity contribution in [3.8, 4) is 0 Å². The second-order valence-electron chi connectivity index (χ2n) is 4.67. The molecule has 0 bridgehead atoms. The Morgan fingerprint density at radius 2 is 1.80 bits per heavy atom. The Labute approximate surface area is 121 Å². The van der Waals surface area contributed by atoms with Crippen LogP contribution in [0.25, 0.3) is 0 Å². The zero-order valence-electron chi connectivity index (χ0n) is 12.6. The van der Waals surface area contributed by atoms with Crippen molar-refractivity contribution in [3.63, 3.8) is 0 Å². The van der Waals surface area contributed by atoms with Crippen LogP contribution in [0.5, 0.6) is 0 Å². The van der Waals surface area contributed by atoms with Crippen LogP contribution in [-0.2, 0) is 4.79 Å². The van der Waals surface area contributed by atoms with Crippen LogP contribution in [0.1, 0.15) is 37.6 Å². The number of carbonyl (C=O) groups is 2. The Hall–Kier alpha value is -1.68. The van der Waals surface area contributed by atoms with Crippen LogP contribution in [-0.4, -0.2) is 42.3 Å². The number of nitrogens with one attached hydrogen (secondary N) is 1. The summed E-state index contributed by atoms with van der Waals surface area (Å²) in [4.78, 5) is 26.2. The maximum Gasteiger partial charge on any atom is 0.234 e. The number of nitrogens with zero attached hydrogens (tertiary/aromatic N) is 1. The van der Waals surface area contributed by atoms with Crippen LogP contribution >= 0.6 is 0 Å². The van der Waals surface area contributed by atoms with Gasteiger partial charge in [-0.15, -0.1) is 0 Å². The molecule has 110 valence electrons. The van der Waals surface area contributed by atoms with E-state index in [0.29, 0.717) is 25.1 Å². The molecule has 1 aromatic rings. The normalized spacial score (nSPS) is 12.2. The lowest BCUT2D eigenvalue weighted by Crippen LogP contribution is -2.46. The molecule has 0 spiro atoms. The number of benzene rings is 1. The molecule has 0 aliphatic heterocycles. The first kappa shape index (κ1) is 16.4. The molecule has 1 amide bonds. The van der Waals surface area contributed by atoms with E-state index in [9.17, 15) is 9.59 Å². The summed E-state index contributed by atoms with van der Waals surface area (Å²) in [5.74, 6) is 0.0490. The molecule has 0 aliphatic carbocycles. The minimum Gasteiger partial charge on any atom is -0.355 e. The zero-order valence-corrected chi connectivity index (χ0v) is 12.6. The highest BCUT2D eigenvalue weighted by atomic mass is 16.2. The van der Waals surface area contributed by atoms with E-state index >= 15 is 0 Å². The van der Waals surface area contributed by atoms with Gasteiger partial charge in [-0.05, 0) is 19.9 Å². The molecule has 0 fully saturated rings. The predicted octanol–water partition coefficient (Wildman–Crippen LogP) is 2.11. The molecule has 0 heterocycles. The van der Waals surface area contributed by atoms with Gasteiger partial charge in [0.15, 0.2) is 5.78 Å². The van der Waals surface area contributed by atoms with Crippen LogP contribution < -0.4 is 5.32 Å². The fourth-order valence-electron chi connectivity index (χ4n) is 2.28. The first-order chi connectivity index (χ1) is 9.63. The summed E-state index contributed by atoms with van der Waals surface area (Å²) in [6.45, 7) is 7.39. The molecule has 0 saturated heterocycles. The van der Waals surface area contributed by atoms with E-state index in [1.807, 2.05) is 56.0 Å². The quantitative estimate of drug-likeness (QED) is 0.740. The number of carbonyl (C=O) groups excluding carboxylic acids is 2. The van der Waals surface area contributed by atoms with Crippen molar-refractivity contribution in [3.05, 3.63) is 35.9 Å². The smallest absolute Gasteiger partial charge is 0.234 e. The fourth-order valence-corrected chi connectivity index (χ4v) is 2.28. The average Bonchev–Trinajstić information content (AvgIpc) is 2.47. The Morgan fingerprint density at radius 3 is 2.30 bits per heavy atom. The number of Topliss-reactive ketones (excluding diaryl/α,β-unsaturated/α-hetero) is 1. The highest BCUT2D eigenvalue weighted by molar-refractivity contribution is 6.00. The zero-order chi connectivity index (χ0) is 15.0. The third kappa shape index (κ3) is 4.46. The van der Waals surface area contributed by atoms with Gasteiger partial charge in [0.2, 0.25) is 5.91 Å². The Balaban J connectivity index is 2.81. The Bertz CT molecular complexity index is 431. The van der Waals surface area contributed by atoms with Crippen molar-refractivity contribution in [2.75, 3.05) is 19.6 Å². The average molecular weight is 276 g/mol. The monoisotopic (exact) mass is 276 g/mol. The van der Waals surface area contributed by atoms with Crippen LogP contribution in [0.3, 0.4) is 0 Å². The molecule has 1 unspecified atom stereocenters. The molecule has 20 heavy (non-hydrogen) atoms. The molecule has 0 saturated carbocycles. The van der Waals surface area contributed by atoms with Crippen molar-refractivity contribution < 1.29 is 9.59 Å². The molecular weight excluding hydrogens is 252 g/mol. The summed E-state index contributed by atoms with van der Waals surface area (Å²) in [5.41, 5.74) is 0.702. The molecule has 1 aromatic carbocycles. The summed E-state index contributed by atoms with van der Waals surface area (Å²) < 4.78 is 0. The van der Waals surface area contributed by atoms with Gasteiger partial charge in [0.05, 0.1) is 12.6 Å². The van der Waals surface area contributed by atoms with Crippen molar-refractivity contribution in [1.29, 1.82) is 0 Å². The van der Waals surface area contributed by atoms with E-state index in [0.717, 1.165) is 0 Å². The minimum absolute atomic E-state index is 0.0336. The summed E-state index contributed by atoms with van der Waals surface area (Å²) in [5, 5.41) is 2.78. The van der Waals surface area contributed by atoms with Crippen molar-refractivity contribution in [2.45, 2.75) is 33.2 Å². The minimum atomic E-state index is -0.245. The van der Waals surface area contributed by atoms with E-state index in [-0.39, 0.29) is 24.3 Å². The standard InChI is InChI=1S/C16H24N2O2/c1-4-14(16(20)13-10-8-7-9-11-13)18(6-3)12-15(19)17-5-2/h7-11,14H,4-6,12H2,1-3H3,(H,17,19). The number of likely N-dealkylation sites (N-methyl/N-ethyl adjacent to an activating group) is 2. The lowest BCUT2D eigenvalue weighted by Gasteiger charge is -2.28. The third-order valence-corrected chi connectivity index (χ3v) is 3.32. The van der Waals surface area contributed by atoms with E-state index in [4.69, 9.17) is 0 Å². The van der Waals surface area contributed by atoms with Crippen molar-refractivity contribution >= 4 is 11.7 Å². The lowest BCUT2D eigenvalue weighted by atomic mass is 10.0. The van der Waals surface area contributed by atoms with Crippen molar-refractivity contribution in [2.24, 2.45) is 0 Å². The van der Waals surface area contributed by atoms with Gasteiger partial charge in [-0.3, -0.25) is 14.5 Å². The van der Waals surface area contributed by atoms with Gasteiger partial charge < -0.3 is 5.32 Å². The van der Waals surface area contributed by atoms with Gasteiger partial charge in [0, 0.05) is 12.1 Å². The van der Waals surface area contributed by atoms with Crippen LogP contribution in [0, 0.1) is 0 Å². The molecule has 4 heteroatoms. The summed E-state index contributed by atoms with van der Waals surface area (Å²) in [6.07, 6.45) is 0.695. The molecule has 4 nitrogen and oxygen atoms in total. The second-order valence-corrected chi connectivity index (χ2v) is 4.67. The number of rotatable bonds is 8. The van der Waals surface area contributed by atoms with Gasteiger partial charge in [-0.2, -0.15) is 0 Å². The molecule has 1 atom stereocenters. The lowest BCUT2D eigenvalue weighted by molar-refractivity contribution is -0.122. The maximum atomic E-state index is 12.5. The summed E-state index contributed by atoms with van der Waals surface area (Å²) >= 11 is 0. The van der Waals surface area contributed by atoms with Crippen LogP contribution in [0.15, 0.2) is 30.3 Å². The summed E-state index contributed by atoms with van der Waals surface area (Å²) in [7, 11) is 0. The number of ketones is 1. The molecule has 0 aliphatic rings. The van der Waals surface area contributed by atoms with E-state index in [1.54, 1.807) is 0 Å². The Kier molecular flexibility index (Phi) is 6.94. The van der Waals surface area contributed by atoms with Gasteiger partial charge in [-0.25, -0.2) is 0 Å². The second kappa shape index (κ2) is 8.48. The molecule has 0 aromatic heterocycles. The highest BCUT2D eigenvalue weighted by Crippen LogP contribution is 2.12. The van der Waals surface area contributed by atoms with E-state index in [2.05, 4.69) is 5.32 Å². The third-order valence-electron chi connectivity index (χ3n) is 3.32. The first-order valence-electron chi connectivity index (χ1n) is 7.23. The van der Waals surface area contributed by atoms with Crippen LogP contribution in [0.4, 0.5) is 0 Å². The molecule has 1 rings (SSSR count). The maximum absolute atomic E-state index is 12.5. The number of amides is 1. The van der Waals surface area contributed by atoms with Gasteiger partial charge >= 0.3 is 0 Å². The topological polar surface area (TPSA) is 49.4 Å². The van der Waals surface area contributed by atoms with Gasteiger partial charge in [-0.1, -0.05) is 44.2 Å². The summed E-state index contributed by atoms with van der Waals surface area (Å²) in [6, 6.07) is 9.02. The fraction of sp³-hybridized carbons (Fsp3) is 0.500. The molecule has 0 radical (unpaired) electrons. The number of hydrogen-bond donors (Lipinski definition) is 1. The SMILES string of the molecule is CCNC(=O)CN(CC)C(CC)C(=O)c1ccccc1. The first-order valence-corrected chi connectivity index (χ1v) is 7.23. The van der Waals surface area contributed by atoms with E-state index < -0.39 is 0 Å². The largest absolute Gasteiger partial charge is 0.355 e.